The van der Waals surface area contributed by atoms with Crippen LogP contribution in [-0.4, -0.2) is 33.1 Å². The Labute approximate surface area is 146 Å². The number of nitrogens with one attached hydrogen (secondary N) is 1. The molecule has 0 unspecified atom stereocenters. The van der Waals surface area contributed by atoms with Crippen LogP contribution in [-0.2, 0) is 0 Å². The zero-order chi connectivity index (χ0) is 16.5. The Balaban J connectivity index is 1.71. The van der Waals surface area contributed by atoms with Crippen molar-refractivity contribution < 1.29 is 0 Å². The highest BCUT2D eigenvalue weighted by atomic mass is 32.1. The van der Waals surface area contributed by atoms with Crippen LogP contribution in [0.15, 0.2) is 42.7 Å². The number of anilines is 1. The molecule has 0 spiro atoms. The molecule has 0 atom stereocenters. The zero-order valence-electron chi connectivity index (χ0n) is 13.7. The summed E-state index contributed by atoms with van der Waals surface area (Å²) in [5.74, 6) is 0.792. The Morgan fingerprint density at radius 2 is 1.83 bits per heavy atom. The van der Waals surface area contributed by atoms with E-state index in [0.717, 1.165) is 51.6 Å². The molecule has 1 aromatic carbocycles. The average Bonchev–Trinajstić information content (AvgIpc) is 2.62. The number of hydrogen-bond acceptors (Lipinski definition) is 3. The van der Waals surface area contributed by atoms with Crippen LogP contribution in [0.1, 0.15) is 19.8 Å². The summed E-state index contributed by atoms with van der Waals surface area (Å²) in [5, 5.41) is 6.38. The molecule has 0 saturated carbocycles. The minimum Gasteiger partial charge on any atom is -0.349 e. The zero-order valence-corrected chi connectivity index (χ0v) is 14.5. The van der Waals surface area contributed by atoms with Gasteiger partial charge in [-0.15, -0.1) is 0 Å². The van der Waals surface area contributed by atoms with Gasteiger partial charge < -0.3 is 10.2 Å². The molecular weight excluding hydrogens is 316 g/mol. The fourth-order valence-corrected chi connectivity index (χ4v) is 3.58. The standard InChI is InChI=1S/C19H20N4S/c1-13-6-10-23(11-7-13)19(24)22-16-12-14-4-2-8-20-17(14)18-15(16)5-3-9-21-18/h2-5,8-9,12-13H,6-7,10-11H2,1H3,(H,22,24). The molecule has 0 bridgehead atoms. The maximum atomic E-state index is 5.66. The number of thiocarbonyl (C=S) groups is 1. The second-order valence-electron chi connectivity index (χ2n) is 6.50. The van der Waals surface area contributed by atoms with Gasteiger partial charge in [0.05, 0.1) is 16.7 Å². The highest BCUT2D eigenvalue weighted by molar-refractivity contribution is 7.80. The number of benzene rings is 1. The molecule has 0 aliphatic carbocycles. The van der Waals surface area contributed by atoms with Gasteiger partial charge in [-0.05, 0) is 55.2 Å². The molecule has 2 aromatic heterocycles. The first-order valence-corrected chi connectivity index (χ1v) is 8.81. The van der Waals surface area contributed by atoms with E-state index in [1.807, 2.05) is 24.5 Å². The van der Waals surface area contributed by atoms with Crippen molar-refractivity contribution in [2.75, 3.05) is 18.4 Å². The largest absolute Gasteiger partial charge is 0.349 e. The Hall–Kier alpha value is -2.27. The number of piperidine rings is 1. The molecule has 3 heterocycles. The molecular formula is C19H20N4S. The van der Waals surface area contributed by atoms with Crippen LogP contribution in [0.3, 0.4) is 0 Å². The molecule has 4 nitrogen and oxygen atoms in total. The molecule has 1 aliphatic heterocycles. The lowest BCUT2D eigenvalue weighted by Crippen LogP contribution is -2.40. The number of nitrogens with zero attached hydrogens (tertiary/aromatic N) is 3. The molecule has 1 fully saturated rings. The van der Waals surface area contributed by atoms with Crippen molar-refractivity contribution in [2.45, 2.75) is 19.8 Å². The van der Waals surface area contributed by atoms with Crippen molar-refractivity contribution in [2.24, 2.45) is 5.92 Å². The van der Waals surface area contributed by atoms with Crippen LogP contribution in [0.5, 0.6) is 0 Å². The molecule has 24 heavy (non-hydrogen) atoms. The highest BCUT2D eigenvalue weighted by Gasteiger charge is 2.18. The van der Waals surface area contributed by atoms with E-state index in [-0.39, 0.29) is 0 Å². The third kappa shape index (κ3) is 2.80. The first-order valence-electron chi connectivity index (χ1n) is 8.41. The minimum absolute atomic E-state index is 0.792. The topological polar surface area (TPSA) is 41.0 Å². The highest BCUT2D eigenvalue weighted by Crippen LogP contribution is 2.29. The van der Waals surface area contributed by atoms with Gasteiger partial charge in [0.2, 0.25) is 0 Å². The van der Waals surface area contributed by atoms with Crippen molar-refractivity contribution in [3.8, 4) is 0 Å². The quantitative estimate of drug-likeness (QED) is 0.532. The van der Waals surface area contributed by atoms with Gasteiger partial charge in [-0.2, -0.15) is 0 Å². The Morgan fingerprint density at radius 3 is 2.62 bits per heavy atom. The van der Waals surface area contributed by atoms with Crippen LogP contribution in [0.25, 0.3) is 21.8 Å². The van der Waals surface area contributed by atoms with Crippen LogP contribution in [0.4, 0.5) is 5.69 Å². The second kappa shape index (κ2) is 6.32. The summed E-state index contributed by atoms with van der Waals surface area (Å²) in [6.07, 6.45) is 6.02. The molecule has 0 radical (unpaired) electrons. The number of pyridine rings is 2. The first kappa shape index (κ1) is 15.3. The van der Waals surface area contributed by atoms with Crippen molar-refractivity contribution in [3.63, 3.8) is 0 Å². The van der Waals surface area contributed by atoms with Crippen molar-refractivity contribution >= 4 is 44.8 Å². The molecule has 1 saturated heterocycles. The smallest absolute Gasteiger partial charge is 0.173 e. The van der Waals surface area contributed by atoms with Crippen LogP contribution in [0.2, 0.25) is 0 Å². The normalized spacial score (nSPS) is 15.8. The Morgan fingerprint density at radius 1 is 1.12 bits per heavy atom. The van der Waals surface area contributed by atoms with Gasteiger partial charge in [0.25, 0.3) is 0 Å². The lowest BCUT2D eigenvalue weighted by molar-refractivity contribution is 0.283. The minimum atomic E-state index is 0.792. The van der Waals surface area contributed by atoms with Gasteiger partial charge in [0.15, 0.2) is 5.11 Å². The molecule has 5 heteroatoms. The molecule has 3 aromatic rings. The van der Waals surface area contributed by atoms with Crippen LogP contribution in [0, 0.1) is 5.92 Å². The number of aromatic nitrogens is 2. The third-order valence-electron chi connectivity index (χ3n) is 4.77. The van der Waals surface area contributed by atoms with Crippen LogP contribution < -0.4 is 5.32 Å². The van der Waals surface area contributed by atoms with E-state index in [0.29, 0.717) is 0 Å². The molecule has 1 N–H and O–H groups in total. The fourth-order valence-electron chi connectivity index (χ4n) is 3.29. The summed E-state index contributed by atoms with van der Waals surface area (Å²) in [7, 11) is 0. The lowest BCUT2D eigenvalue weighted by atomic mass is 10.00. The number of fused-ring (bicyclic) bond motifs is 3. The first-order chi connectivity index (χ1) is 11.7. The summed E-state index contributed by atoms with van der Waals surface area (Å²) in [6.45, 7) is 4.36. The van der Waals surface area contributed by atoms with E-state index >= 15 is 0 Å². The number of rotatable bonds is 1. The lowest BCUT2D eigenvalue weighted by Gasteiger charge is -2.32. The predicted octanol–water partition coefficient (Wildman–Crippen LogP) is 4.21. The summed E-state index contributed by atoms with van der Waals surface area (Å²) in [5.41, 5.74) is 2.84. The third-order valence-corrected chi connectivity index (χ3v) is 5.13. The second-order valence-corrected chi connectivity index (χ2v) is 6.89. The van der Waals surface area contributed by atoms with Crippen molar-refractivity contribution in [1.29, 1.82) is 0 Å². The molecule has 4 rings (SSSR count). The average molecular weight is 336 g/mol. The number of hydrogen-bond donors (Lipinski definition) is 1. The SMILES string of the molecule is CC1CCN(C(=S)Nc2cc3cccnc3c3ncccc23)CC1. The maximum Gasteiger partial charge on any atom is 0.173 e. The van der Waals surface area contributed by atoms with E-state index in [1.54, 1.807) is 0 Å². The van der Waals surface area contributed by atoms with E-state index in [1.165, 1.54) is 12.8 Å². The number of likely N-dealkylation sites (tertiary alicyclic amines) is 1. The van der Waals surface area contributed by atoms with Gasteiger partial charge in [-0.3, -0.25) is 9.97 Å². The summed E-state index contributed by atoms with van der Waals surface area (Å²) in [6, 6.07) is 10.2. The van der Waals surface area contributed by atoms with Crippen molar-refractivity contribution in [3.05, 3.63) is 42.7 Å². The van der Waals surface area contributed by atoms with E-state index in [4.69, 9.17) is 12.2 Å². The molecule has 122 valence electrons. The van der Waals surface area contributed by atoms with Gasteiger partial charge in [0, 0.05) is 36.3 Å². The van der Waals surface area contributed by atoms with E-state index < -0.39 is 0 Å². The van der Waals surface area contributed by atoms with E-state index in [2.05, 4.69) is 45.3 Å². The van der Waals surface area contributed by atoms with Gasteiger partial charge in [-0.25, -0.2) is 0 Å². The Kier molecular flexibility index (Phi) is 4.02. The van der Waals surface area contributed by atoms with Crippen LogP contribution >= 0.6 is 12.2 Å². The summed E-state index contributed by atoms with van der Waals surface area (Å²) < 4.78 is 0. The summed E-state index contributed by atoms with van der Waals surface area (Å²) in [4.78, 5) is 11.3. The monoisotopic (exact) mass is 336 g/mol. The summed E-state index contributed by atoms with van der Waals surface area (Å²) >= 11 is 5.66. The van der Waals surface area contributed by atoms with Gasteiger partial charge in [-0.1, -0.05) is 13.0 Å². The van der Waals surface area contributed by atoms with E-state index in [9.17, 15) is 0 Å². The molecule has 1 aliphatic rings. The predicted molar refractivity (Wildman–Crippen MR) is 103 cm³/mol. The molecule has 0 amide bonds. The van der Waals surface area contributed by atoms with Crippen molar-refractivity contribution in [1.82, 2.24) is 14.9 Å². The van der Waals surface area contributed by atoms with Gasteiger partial charge >= 0.3 is 0 Å². The Bertz CT molecular complexity index is 900. The van der Waals surface area contributed by atoms with Gasteiger partial charge in [0.1, 0.15) is 0 Å². The maximum absolute atomic E-state index is 5.66. The fraction of sp³-hybridized carbons (Fsp3) is 0.316.